The summed E-state index contributed by atoms with van der Waals surface area (Å²) in [5.41, 5.74) is -1.77. The van der Waals surface area contributed by atoms with E-state index < -0.39 is 24.8 Å². The summed E-state index contributed by atoms with van der Waals surface area (Å²) < 4.78 is 55.7. The fraction of sp³-hybridized carbons (Fsp3) is 0.500. The van der Waals surface area contributed by atoms with Crippen molar-refractivity contribution in [3.05, 3.63) is 11.9 Å². The molecule has 0 atom stereocenters. The molecule has 0 nitrogen and oxygen atoms in total. The molecule has 0 heterocycles. The third-order valence-corrected chi connectivity index (χ3v) is 0.630. The van der Waals surface area contributed by atoms with E-state index in [1.165, 1.54) is 0 Å². The second kappa shape index (κ2) is 3.42. The molecule has 0 saturated heterocycles. The average molecular weight is 146 g/mol. The van der Waals surface area contributed by atoms with E-state index in [4.69, 9.17) is 0 Å². The number of rotatable bonds is 2. The lowest BCUT2D eigenvalue weighted by Crippen LogP contribution is -2.05. The van der Waals surface area contributed by atoms with Crippen LogP contribution in [0.1, 0.15) is 0 Å². The van der Waals surface area contributed by atoms with Crippen molar-refractivity contribution in [3.63, 3.8) is 0 Å². The van der Waals surface area contributed by atoms with E-state index in [1.807, 2.05) is 0 Å². The lowest BCUT2D eigenvalue weighted by molar-refractivity contribution is 0.109. The smallest absolute Gasteiger partial charge is 0.215 e. The molecule has 0 spiro atoms. The first-order valence-electron chi connectivity index (χ1n) is 1.96. The molecule has 54 valence electrons. The quantitative estimate of drug-likeness (QED) is 0.524. The molecule has 0 aliphatic heterocycles. The number of allylic oxidation sites excluding steroid dienone is 1. The van der Waals surface area contributed by atoms with Crippen molar-refractivity contribution in [2.75, 3.05) is 0 Å². The van der Waals surface area contributed by atoms with Gasteiger partial charge in [0.05, 0.1) is 11.9 Å². The van der Waals surface area contributed by atoms with Crippen LogP contribution in [0.3, 0.4) is 0 Å². The van der Waals surface area contributed by atoms with Gasteiger partial charge in [-0.1, -0.05) is 0 Å². The molecule has 0 radical (unpaired) electrons. The molecular formula is C4H3F5. The molecular weight excluding hydrogens is 143 g/mol. The normalized spacial score (nSPS) is 10.6. The van der Waals surface area contributed by atoms with Crippen LogP contribution in [0, 0.1) is 0 Å². The summed E-state index contributed by atoms with van der Waals surface area (Å²) >= 11 is 0. The lowest BCUT2D eigenvalue weighted by Gasteiger charge is -1.99. The zero-order chi connectivity index (χ0) is 7.44. The maximum Gasteiger partial charge on any atom is 0.267 e. The SMILES string of the molecule is FC=C(C(F)F)C(F)F. The molecule has 0 saturated carbocycles. The van der Waals surface area contributed by atoms with Crippen molar-refractivity contribution < 1.29 is 22.0 Å². The fourth-order valence-electron chi connectivity index (χ4n) is 0.190. The summed E-state index contributed by atoms with van der Waals surface area (Å²) in [7, 11) is 0. The Hall–Kier alpha value is -0.610. The van der Waals surface area contributed by atoms with Gasteiger partial charge in [-0.25, -0.2) is 22.0 Å². The van der Waals surface area contributed by atoms with Gasteiger partial charge in [0.25, 0.3) is 12.9 Å². The molecule has 0 aromatic heterocycles. The van der Waals surface area contributed by atoms with E-state index in [-0.39, 0.29) is 0 Å². The molecule has 9 heavy (non-hydrogen) atoms. The number of alkyl halides is 4. The van der Waals surface area contributed by atoms with E-state index in [1.54, 1.807) is 0 Å². The second-order valence-electron chi connectivity index (χ2n) is 1.21. The molecule has 0 N–H and O–H groups in total. The van der Waals surface area contributed by atoms with E-state index in [0.717, 1.165) is 0 Å². The van der Waals surface area contributed by atoms with Gasteiger partial charge in [-0.15, -0.1) is 0 Å². The van der Waals surface area contributed by atoms with Crippen LogP contribution in [0.5, 0.6) is 0 Å². The van der Waals surface area contributed by atoms with Gasteiger partial charge < -0.3 is 0 Å². The van der Waals surface area contributed by atoms with E-state index in [0.29, 0.717) is 0 Å². The molecule has 0 aromatic carbocycles. The Morgan fingerprint density at radius 1 is 1.00 bits per heavy atom. The third-order valence-electron chi connectivity index (χ3n) is 0.630. The summed E-state index contributed by atoms with van der Waals surface area (Å²) in [4.78, 5) is 0. The van der Waals surface area contributed by atoms with Gasteiger partial charge in [0.1, 0.15) is 0 Å². The molecule has 0 unspecified atom stereocenters. The first-order chi connectivity index (χ1) is 4.09. The molecule has 0 rings (SSSR count). The Bertz CT molecular complexity index is 95.5. The molecule has 0 bridgehead atoms. The highest BCUT2D eigenvalue weighted by Gasteiger charge is 2.20. The minimum atomic E-state index is -3.41. The molecule has 0 aliphatic carbocycles. The highest BCUT2D eigenvalue weighted by Crippen LogP contribution is 2.16. The molecule has 0 aromatic rings. The third kappa shape index (κ3) is 2.43. The van der Waals surface area contributed by atoms with Crippen LogP contribution in [0.2, 0.25) is 0 Å². The highest BCUT2D eigenvalue weighted by molar-refractivity contribution is 5.03. The summed E-state index contributed by atoms with van der Waals surface area (Å²) in [5, 5.41) is 0. The van der Waals surface area contributed by atoms with Crippen LogP contribution in [0.25, 0.3) is 0 Å². The van der Waals surface area contributed by atoms with Gasteiger partial charge in [-0.05, 0) is 0 Å². The van der Waals surface area contributed by atoms with E-state index in [2.05, 4.69) is 0 Å². The Labute approximate surface area is 48.0 Å². The molecule has 5 heteroatoms. The number of hydrogen-bond acceptors (Lipinski definition) is 0. The predicted octanol–water partition coefficient (Wildman–Crippen LogP) is 2.37. The molecule has 0 fully saturated rings. The van der Waals surface area contributed by atoms with Crippen molar-refractivity contribution >= 4 is 0 Å². The summed E-state index contributed by atoms with van der Waals surface area (Å²) in [6, 6.07) is 0. The van der Waals surface area contributed by atoms with Crippen LogP contribution in [-0.2, 0) is 0 Å². The van der Waals surface area contributed by atoms with Gasteiger partial charge in [-0.2, -0.15) is 0 Å². The predicted molar refractivity (Wildman–Crippen MR) is 21.2 cm³/mol. The van der Waals surface area contributed by atoms with Crippen LogP contribution >= 0.6 is 0 Å². The van der Waals surface area contributed by atoms with Gasteiger partial charge >= 0.3 is 0 Å². The zero-order valence-corrected chi connectivity index (χ0v) is 4.12. The highest BCUT2D eigenvalue weighted by atomic mass is 19.3. The summed E-state index contributed by atoms with van der Waals surface area (Å²) in [6.07, 6.45) is -7.58. The van der Waals surface area contributed by atoms with Crippen LogP contribution in [-0.4, -0.2) is 12.9 Å². The average Bonchev–Trinajstić information content (AvgIpc) is 1.64. The molecule has 0 aliphatic rings. The van der Waals surface area contributed by atoms with Gasteiger partial charge in [0.2, 0.25) is 0 Å². The van der Waals surface area contributed by atoms with Crippen molar-refractivity contribution in [2.24, 2.45) is 0 Å². The van der Waals surface area contributed by atoms with E-state index in [9.17, 15) is 22.0 Å². The minimum Gasteiger partial charge on any atom is -0.215 e. The number of hydrogen-bond donors (Lipinski definition) is 0. The maximum absolute atomic E-state index is 11.2. The maximum atomic E-state index is 11.2. The minimum absolute atomic E-state index is 0.769. The van der Waals surface area contributed by atoms with E-state index >= 15 is 0 Å². The Balaban J connectivity index is 4.01. The zero-order valence-electron chi connectivity index (χ0n) is 4.12. The largest absolute Gasteiger partial charge is 0.267 e. The van der Waals surface area contributed by atoms with Crippen molar-refractivity contribution in [3.8, 4) is 0 Å². The van der Waals surface area contributed by atoms with Crippen LogP contribution in [0.4, 0.5) is 22.0 Å². The fourth-order valence-corrected chi connectivity index (χ4v) is 0.190. The Morgan fingerprint density at radius 3 is 1.33 bits per heavy atom. The first kappa shape index (κ1) is 8.39. The van der Waals surface area contributed by atoms with Crippen LogP contribution < -0.4 is 0 Å². The van der Waals surface area contributed by atoms with Gasteiger partial charge in [-0.3, -0.25) is 0 Å². The monoisotopic (exact) mass is 146 g/mol. The summed E-state index contributed by atoms with van der Waals surface area (Å²) in [5.74, 6) is 0. The van der Waals surface area contributed by atoms with Crippen molar-refractivity contribution in [1.29, 1.82) is 0 Å². The topological polar surface area (TPSA) is 0 Å². The van der Waals surface area contributed by atoms with Gasteiger partial charge in [0, 0.05) is 0 Å². The Kier molecular flexibility index (Phi) is 3.19. The Morgan fingerprint density at radius 2 is 1.33 bits per heavy atom. The first-order valence-corrected chi connectivity index (χ1v) is 1.96. The van der Waals surface area contributed by atoms with Gasteiger partial charge in [0.15, 0.2) is 0 Å². The second-order valence-corrected chi connectivity index (χ2v) is 1.21. The van der Waals surface area contributed by atoms with Crippen LogP contribution in [0.15, 0.2) is 11.9 Å². The standard InChI is InChI=1S/C4H3F5/c5-1-2(3(6)7)4(8)9/h1,3-4H. The van der Waals surface area contributed by atoms with Crippen molar-refractivity contribution in [1.82, 2.24) is 0 Å². The lowest BCUT2D eigenvalue weighted by atomic mass is 10.3. The summed E-state index contributed by atoms with van der Waals surface area (Å²) in [6.45, 7) is 0. The number of halogens is 5. The van der Waals surface area contributed by atoms with Crippen molar-refractivity contribution in [2.45, 2.75) is 12.9 Å². The molecule has 0 amide bonds.